The highest BCUT2D eigenvalue weighted by Crippen LogP contribution is 2.20. The minimum Gasteiger partial charge on any atom is -0.379 e. The summed E-state index contributed by atoms with van der Waals surface area (Å²) in [6, 6.07) is 1.61. The van der Waals surface area contributed by atoms with E-state index in [1.165, 1.54) is 0 Å². The van der Waals surface area contributed by atoms with Gasteiger partial charge in [0.05, 0.1) is 24.6 Å². The van der Waals surface area contributed by atoms with Crippen molar-refractivity contribution < 1.29 is 9.13 Å². The smallest absolute Gasteiger partial charge is 0.145 e. The largest absolute Gasteiger partial charge is 0.379 e. The highest BCUT2D eigenvalue weighted by Gasteiger charge is 2.16. The van der Waals surface area contributed by atoms with Gasteiger partial charge in [0.25, 0.3) is 0 Å². The maximum atomic E-state index is 13.8. The van der Waals surface area contributed by atoms with E-state index in [-0.39, 0.29) is 11.7 Å². The van der Waals surface area contributed by atoms with Crippen LogP contribution in [0.1, 0.15) is 36.7 Å². The van der Waals surface area contributed by atoms with Gasteiger partial charge in [-0.05, 0) is 24.5 Å². The first kappa shape index (κ1) is 13.4. The normalized spacial score (nSPS) is 17.4. The van der Waals surface area contributed by atoms with Gasteiger partial charge in [-0.1, -0.05) is 13.8 Å². The Morgan fingerprint density at radius 1 is 1.39 bits per heavy atom. The molecule has 4 heteroatoms. The molecular weight excluding hydrogens is 231 g/mol. The first-order valence-electron chi connectivity index (χ1n) is 6.54. The molecule has 1 aliphatic heterocycles. The summed E-state index contributed by atoms with van der Waals surface area (Å²) < 4.78 is 19.1. The van der Waals surface area contributed by atoms with Gasteiger partial charge in [-0.15, -0.1) is 0 Å². The Labute approximate surface area is 108 Å². The number of rotatable bonds is 3. The first-order chi connectivity index (χ1) is 8.58. The van der Waals surface area contributed by atoms with Gasteiger partial charge in [-0.2, -0.15) is 0 Å². The molecule has 2 heterocycles. The van der Waals surface area contributed by atoms with Crippen LogP contribution in [0.3, 0.4) is 0 Å². The molecule has 0 amide bonds. The first-order valence-corrected chi connectivity index (χ1v) is 6.54. The summed E-state index contributed by atoms with van der Waals surface area (Å²) in [5, 5.41) is 0. The van der Waals surface area contributed by atoms with Crippen molar-refractivity contribution in [1.29, 1.82) is 0 Å². The van der Waals surface area contributed by atoms with Crippen molar-refractivity contribution in [2.75, 3.05) is 26.3 Å². The zero-order valence-electron chi connectivity index (χ0n) is 11.4. The molecule has 0 bridgehead atoms. The number of morpholine rings is 1. The molecule has 0 N–H and O–H groups in total. The van der Waals surface area contributed by atoms with Gasteiger partial charge in [0.1, 0.15) is 5.82 Å². The number of pyridine rings is 1. The fourth-order valence-corrected chi connectivity index (χ4v) is 2.17. The van der Waals surface area contributed by atoms with Crippen LogP contribution in [-0.4, -0.2) is 36.2 Å². The SMILES string of the molecule is Cc1cc(F)c(C(C)C)nc1CN1CCOCC1. The Morgan fingerprint density at radius 2 is 2.06 bits per heavy atom. The van der Waals surface area contributed by atoms with Crippen LogP contribution in [0.15, 0.2) is 6.07 Å². The maximum Gasteiger partial charge on any atom is 0.145 e. The van der Waals surface area contributed by atoms with Crippen LogP contribution >= 0.6 is 0 Å². The van der Waals surface area contributed by atoms with E-state index in [0.29, 0.717) is 5.69 Å². The lowest BCUT2D eigenvalue weighted by Gasteiger charge is -2.27. The predicted octanol–water partition coefficient (Wildman–Crippen LogP) is 2.48. The molecule has 1 saturated heterocycles. The number of hydrogen-bond acceptors (Lipinski definition) is 3. The third-order valence-electron chi connectivity index (χ3n) is 3.32. The van der Waals surface area contributed by atoms with Crippen molar-refractivity contribution in [2.24, 2.45) is 0 Å². The highest BCUT2D eigenvalue weighted by atomic mass is 19.1. The Morgan fingerprint density at radius 3 is 2.67 bits per heavy atom. The number of nitrogens with zero attached hydrogens (tertiary/aromatic N) is 2. The molecule has 3 nitrogen and oxygen atoms in total. The second-order valence-corrected chi connectivity index (χ2v) is 5.16. The molecule has 100 valence electrons. The van der Waals surface area contributed by atoms with Crippen molar-refractivity contribution in [3.8, 4) is 0 Å². The number of halogens is 1. The van der Waals surface area contributed by atoms with E-state index in [1.807, 2.05) is 20.8 Å². The number of ether oxygens (including phenoxy) is 1. The molecule has 1 fully saturated rings. The molecule has 2 rings (SSSR count). The van der Waals surface area contributed by atoms with Crippen molar-refractivity contribution in [1.82, 2.24) is 9.88 Å². The summed E-state index contributed by atoms with van der Waals surface area (Å²) in [5.41, 5.74) is 2.49. The third-order valence-corrected chi connectivity index (χ3v) is 3.32. The second kappa shape index (κ2) is 5.76. The van der Waals surface area contributed by atoms with E-state index in [2.05, 4.69) is 9.88 Å². The van der Waals surface area contributed by atoms with Crippen LogP contribution in [-0.2, 0) is 11.3 Å². The molecule has 0 spiro atoms. The average Bonchev–Trinajstić information content (AvgIpc) is 2.33. The van der Waals surface area contributed by atoms with E-state index in [1.54, 1.807) is 6.07 Å². The Hall–Kier alpha value is -1.00. The number of hydrogen-bond donors (Lipinski definition) is 0. The zero-order valence-corrected chi connectivity index (χ0v) is 11.4. The van der Waals surface area contributed by atoms with Gasteiger partial charge >= 0.3 is 0 Å². The fraction of sp³-hybridized carbons (Fsp3) is 0.643. The molecule has 0 unspecified atom stereocenters. The van der Waals surface area contributed by atoms with Crippen molar-refractivity contribution >= 4 is 0 Å². The minimum absolute atomic E-state index is 0.119. The van der Waals surface area contributed by atoms with Gasteiger partial charge in [-0.25, -0.2) is 4.39 Å². The standard InChI is InChI=1S/C14H21FN2O/c1-10(2)14-12(15)8-11(3)13(16-14)9-17-4-6-18-7-5-17/h8,10H,4-7,9H2,1-3H3. The third kappa shape index (κ3) is 3.06. The molecule has 0 aromatic carbocycles. The molecule has 0 atom stereocenters. The Kier molecular flexibility index (Phi) is 4.30. The zero-order chi connectivity index (χ0) is 13.1. The number of aryl methyl sites for hydroxylation is 1. The summed E-state index contributed by atoms with van der Waals surface area (Å²) >= 11 is 0. The van der Waals surface area contributed by atoms with Crippen LogP contribution in [0.4, 0.5) is 4.39 Å². The quantitative estimate of drug-likeness (QED) is 0.826. The highest BCUT2D eigenvalue weighted by molar-refractivity contribution is 5.24. The lowest BCUT2D eigenvalue weighted by Crippen LogP contribution is -2.36. The summed E-state index contributed by atoms with van der Waals surface area (Å²) in [4.78, 5) is 6.81. The van der Waals surface area contributed by atoms with Crippen LogP contribution in [0.25, 0.3) is 0 Å². The summed E-state index contributed by atoms with van der Waals surface area (Å²) in [6.07, 6.45) is 0. The van der Waals surface area contributed by atoms with Crippen LogP contribution in [0.5, 0.6) is 0 Å². The molecule has 0 saturated carbocycles. The number of aromatic nitrogens is 1. The van der Waals surface area contributed by atoms with E-state index in [4.69, 9.17) is 4.74 Å². The molecule has 1 aromatic heterocycles. The van der Waals surface area contributed by atoms with Crippen LogP contribution in [0, 0.1) is 12.7 Å². The molecule has 18 heavy (non-hydrogen) atoms. The predicted molar refractivity (Wildman–Crippen MR) is 69.1 cm³/mol. The van der Waals surface area contributed by atoms with Crippen molar-refractivity contribution in [2.45, 2.75) is 33.2 Å². The molecular formula is C14H21FN2O. The second-order valence-electron chi connectivity index (χ2n) is 5.16. The van der Waals surface area contributed by atoms with Gasteiger partial charge < -0.3 is 4.74 Å². The van der Waals surface area contributed by atoms with E-state index < -0.39 is 0 Å². The van der Waals surface area contributed by atoms with E-state index >= 15 is 0 Å². The van der Waals surface area contributed by atoms with Crippen LogP contribution in [0.2, 0.25) is 0 Å². The summed E-state index contributed by atoms with van der Waals surface area (Å²) in [6.45, 7) is 10.1. The van der Waals surface area contributed by atoms with Crippen LogP contribution < -0.4 is 0 Å². The minimum atomic E-state index is -0.187. The Bertz CT molecular complexity index is 415. The van der Waals surface area contributed by atoms with Gasteiger partial charge in [0.2, 0.25) is 0 Å². The van der Waals surface area contributed by atoms with Gasteiger partial charge in [0.15, 0.2) is 0 Å². The van der Waals surface area contributed by atoms with Gasteiger partial charge in [0, 0.05) is 19.6 Å². The van der Waals surface area contributed by atoms with E-state index in [0.717, 1.165) is 44.1 Å². The lowest BCUT2D eigenvalue weighted by atomic mass is 10.1. The van der Waals surface area contributed by atoms with Gasteiger partial charge in [-0.3, -0.25) is 9.88 Å². The summed E-state index contributed by atoms with van der Waals surface area (Å²) in [7, 11) is 0. The molecule has 0 radical (unpaired) electrons. The molecule has 1 aliphatic rings. The average molecular weight is 252 g/mol. The lowest BCUT2D eigenvalue weighted by molar-refractivity contribution is 0.0335. The van der Waals surface area contributed by atoms with E-state index in [9.17, 15) is 4.39 Å². The van der Waals surface area contributed by atoms with Crippen molar-refractivity contribution in [3.63, 3.8) is 0 Å². The molecule has 1 aromatic rings. The topological polar surface area (TPSA) is 25.4 Å². The monoisotopic (exact) mass is 252 g/mol. The maximum absolute atomic E-state index is 13.8. The van der Waals surface area contributed by atoms with Crippen molar-refractivity contribution in [3.05, 3.63) is 28.8 Å². The summed E-state index contributed by atoms with van der Waals surface area (Å²) in [5.74, 6) is -0.0673. The fourth-order valence-electron chi connectivity index (χ4n) is 2.17. The Balaban J connectivity index is 2.18. The molecule has 0 aliphatic carbocycles.